The van der Waals surface area contributed by atoms with Gasteiger partial charge in [-0.2, -0.15) is 0 Å². The Morgan fingerprint density at radius 3 is 3.00 bits per heavy atom. The molecule has 3 N–H and O–H groups in total. The van der Waals surface area contributed by atoms with Crippen LogP contribution >= 0.6 is 23.1 Å². The highest BCUT2D eigenvalue weighted by atomic mass is 32.2. The van der Waals surface area contributed by atoms with Crippen molar-refractivity contribution in [1.82, 2.24) is 14.8 Å². The van der Waals surface area contributed by atoms with Crippen LogP contribution in [0.25, 0.3) is 0 Å². The number of amides is 2. The summed E-state index contributed by atoms with van der Waals surface area (Å²) in [7, 11) is 1.82. The Bertz CT molecular complexity index is 783. The number of nitrogens with one attached hydrogen (secondary N) is 1. The van der Waals surface area contributed by atoms with E-state index in [1.54, 1.807) is 10.9 Å². The van der Waals surface area contributed by atoms with Gasteiger partial charge in [0.15, 0.2) is 5.16 Å². The van der Waals surface area contributed by atoms with Gasteiger partial charge >= 0.3 is 0 Å². The van der Waals surface area contributed by atoms with Crippen molar-refractivity contribution in [2.24, 2.45) is 18.7 Å². The lowest BCUT2D eigenvalue weighted by atomic mass is 9.88. The summed E-state index contributed by atoms with van der Waals surface area (Å²) in [4.78, 5) is 25.3. The number of anilines is 1. The van der Waals surface area contributed by atoms with Crippen molar-refractivity contribution in [1.29, 1.82) is 0 Å². The summed E-state index contributed by atoms with van der Waals surface area (Å²) in [5, 5.41) is 11.8. The van der Waals surface area contributed by atoms with E-state index in [1.807, 2.05) is 7.05 Å². The molecule has 0 aliphatic heterocycles. The number of carbonyl (C=O) groups is 2. The van der Waals surface area contributed by atoms with Crippen LogP contribution < -0.4 is 11.1 Å². The summed E-state index contributed by atoms with van der Waals surface area (Å²) < 4.78 is 1.75. The maximum absolute atomic E-state index is 12.2. The number of carbonyl (C=O) groups excluding carboxylic acids is 2. The van der Waals surface area contributed by atoms with Crippen molar-refractivity contribution in [2.75, 3.05) is 11.1 Å². The Labute approximate surface area is 148 Å². The predicted molar refractivity (Wildman–Crippen MR) is 94.4 cm³/mol. The van der Waals surface area contributed by atoms with Gasteiger partial charge in [-0.05, 0) is 30.7 Å². The van der Waals surface area contributed by atoms with Gasteiger partial charge in [-0.15, -0.1) is 21.5 Å². The van der Waals surface area contributed by atoms with Gasteiger partial charge in [-0.3, -0.25) is 9.59 Å². The summed E-state index contributed by atoms with van der Waals surface area (Å²) in [5.41, 5.74) is 7.05. The van der Waals surface area contributed by atoms with Crippen molar-refractivity contribution in [3.05, 3.63) is 22.3 Å². The highest BCUT2D eigenvalue weighted by molar-refractivity contribution is 7.99. The number of hydrogen-bond donors (Lipinski definition) is 2. The van der Waals surface area contributed by atoms with Crippen LogP contribution in [0.4, 0.5) is 5.00 Å². The molecular weight excluding hydrogens is 346 g/mol. The van der Waals surface area contributed by atoms with Crippen molar-refractivity contribution >= 4 is 39.9 Å². The predicted octanol–water partition coefficient (Wildman–Crippen LogP) is 1.83. The molecule has 3 rings (SSSR count). The van der Waals surface area contributed by atoms with Crippen molar-refractivity contribution < 1.29 is 9.59 Å². The third-order valence-corrected chi connectivity index (χ3v) is 6.22. The lowest BCUT2D eigenvalue weighted by molar-refractivity contribution is -0.113. The molecule has 0 saturated heterocycles. The van der Waals surface area contributed by atoms with Crippen LogP contribution in [0, 0.1) is 5.92 Å². The molecule has 24 heavy (non-hydrogen) atoms. The van der Waals surface area contributed by atoms with Crippen LogP contribution in [0.3, 0.4) is 0 Å². The first kappa shape index (κ1) is 17.0. The zero-order valence-electron chi connectivity index (χ0n) is 13.5. The van der Waals surface area contributed by atoms with Crippen LogP contribution in [0.2, 0.25) is 0 Å². The summed E-state index contributed by atoms with van der Waals surface area (Å²) in [5.74, 6) is 0.131. The molecule has 0 spiro atoms. The molecule has 9 heteroatoms. The normalized spacial score (nSPS) is 16.7. The van der Waals surface area contributed by atoms with Gasteiger partial charge in [-0.25, -0.2) is 0 Å². The first-order chi connectivity index (χ1) is 11.5. The SMILES string of the molecule is C[C@H]1CCc2c(sc(NC(=O)CSc3nncn3C)c2C(N)=O)C1. The van der Waals surface area contributed by atoms with Crippen LogP contribution in [0.15, 0.2) is 11.5 Å². The Hall–Kier alpha value is -1.87. The van der Waals surface area contributed by atoms with Gasteiger partial charge in [0.1, 0.15) is 11.3 Å². The van der Waals surface area contributed by atoms with Gasteiger partial charge in [0, 0.05) is 11.9 Å². The average Bonchev–Trinajstić information content (AvgIpc) is 3.07. The van der Waals surface area contributed by atoms with Crippen LogP contribution in [-0.4, -0.2) is 32.3 Å². The minimum atomic E-state index is -0.474. The second-order valence-electron chi connectivity index (χ2n) is 5.98. The quantitative estimate of drug-likeness (QED) is 0.787. The first-order valence-corrected chi connectivity index (χ1v) is 9.47. The smallest absolute Gasteiger partial charge is 0.251 e. The number of aryl methyl sites for hydroxylation is 1. The van der Waals surface area contributed by atoms with E-state index in [1.165, 1.54) is 28.0 Å². The molecule has 0 radical (unpaired) electrons. The molecular formula is C15H19N5O2S2. The van der Waals surface area contributed by atoms with E-state index in [2.05, 4.69) is 22.4 Å². The van der Waals surface area contributed by atoms with E-state index in [0.717, 1.165) is 24.8 Å². The van der Waals surface area contributed by atoms with Gasteiger partial charge in [-0.1, -0.05) is 18.7 Å². The van der Waals surface area contributed by atoms with Gasteiger partial charge < -0.3 is 15.6 Å². The average molecular weight is 365 g/mol. The van der Waals surface area contributed by atoms with E-state index in [9.17, 15) is 9.59 Å². The van der Waals surface area contributed by atoms with Gasteiger partial charge in [0.2, 0.25) is 5.91 Å². The van der Waals surface area contributed by atoms with Crippen LogP contribution in [0.5, 0.6) is 0 Å². The summed E-state index contributed by atoms with van der Waals surface area (Å²) in [6.07, 6.45) is 4.40. The third-order valence-electron chi connectivity index (χ3n) is 4.01. The number of nitrogens with zero attached hydrogens (tertiary/aromatic N) is 3. The zero-order chi connectivity index (χ0) is 17.3. The number of primary amides is 1. The molecule has 7 nitrogen and oxygen atoms in total. The minimum Gasteiger partial charge on any atom is -0.365 e. The Morgan fingerprint density at radius 1 is 1.54 bits per heavy atom. The van der Waals surface area contributed by atoms with E-state index in [0.29, 0.717) is 21.6 Å². The second kappa shape index (κ2) is 6.94. The van der Waals surface area contributed by atoms with E-state index < -0.39 is 5.91 Å². The Kier molecular flexibility index (Phi) is 4.91. The molecule has 2 aromatic rings. The topological polar surface area (TPSA) is 103 Å². The molecule has 2 heterocycles. The highest BCUT2D eigenvalue weighted by Crippen LogP contribution is 2.39. The molecule has 1 aliphatic rings. The highest BCUT2D eigenvalue weighted by Gasteiger charge is 2.27. The molecule has 1 atom stereocenters. The second-order valence-corrected chi connectivity index (χ2v) is 8.03. The molecule has 2 aromatic heterocycles. The molecule has 0 saturated carbocycles. The Morgan fingerprint density at radius 2 is 2.33 bits per heavy atom. The number of thioether (sulfide) groups is 1. The van der Waals surface area contributed by atoms with E-state index in [4.69, 9.17) is 5.73 Å². The maximum atomic E-state index is 12.2. The van der Waals surface area contributed by atoms with Gasteiger partial charge in [0.25, 0.3) is 5.91 Å². The largest absolute Gasteiger partial charge is 0.365 e. The minimum absolute atomic E-state index is 0.183. The standard InChI is InChI=1S/C15H19N5O2S2/c1-8-3-4-9-10(5-8)24-14(12(9)13(16)22)18-11(21)6-23-15-19-17-7-20(15)2/h7-8H,3-6H2,1-2H3,(H2,16,22)(H,18,21)/t8-/m0/s1. The number of hydrogen-bond acceptors (Lipinski definition) is 6. The molecule has 128 valence electrons. The molecule has 0 fully saturated rings. The van der Waals surface area contributed by atoms with Gasteiger partial charge in [0.05, 0.1) is 11.3 Å². The fourth-order valence-electron chi connectivity index (χ4n) is 2.80. The zero-order valence-corrected chi connectivity index (χ0v) is 15.2. The van der Waals surface area contributed by atoms with E-state index >= 15 is 0 Å². The number of thiophene rings is 1. The molecule has 0 bridgehead atoms. The molecule has 0 aromatic carbocycles. The van der Waals surface area contributed by atoms with Crippen LogP contribution in [-0.2, 0) is 24.7 Å². The van der Waals surface area contributed by atoms with Crippen molar-refractivity contribution in [3.8, 4) is 0 Å². The monoisotopic (exact) mass is 365 g/mol. The first-order valence-electron chi connectivity index (χ1n) is 7.66. The maximum Gasteiger partial charge on any atom is 0.251 e. The van der Waals surface area contributed by atoms with Crippen LogP contribution in [0.1, 0.15) is 34.1 Å². The number of nitrogens with two attached hydrogens (primary N) is 1. The summed E-state index contributed by atoms with van der Waals surface area (Å²) in [6, 6.07) is 0. The summed E-state index contributed by atoms with van der Waals surface area (Å²) >= 11 is 2.77. The van der Waals surface area contributed by atoms with Crippen molar-refractivity contribution in [3.63, 3.8) is 0 Å². The number of aromatic nitrogens is 3. The van der Waals surface area contributed by atoms with E-state index in [-0.39, 0.29) is 11.7 Å². The fraction of sp³-hybridized carbons (Fsp3) is 0.467. The summed E-state index contributed by atoms with van der Waals surface area (Å²) in [6.45, 7) is 2.20. The molecule has 0 unspecified atom stereocenters. The Balaban J connectivity index is 1.73. The fourth-order valence-corrected chi connectivity index (χ4v) is 4.92. The third kappa shape index (κ3) is 3.46. The van der Waals surface area contributed by atoms with Crippen molar-refractivity contribution in [2.45, 2.75) is 31.3 Å². The molecule has 2 amide bonds. The number of rotatable bonds is 5. The molecule has 1 aliphatic carbocycles. The lowest BCUT2D eigenvalue weighted by Gasteiger charge is -2.18. The lowest BCUT2D eigenvalue weighted by Crippen LogP contribution is -2.20. The number of fused-ring (bicyclic) bond motifs is 1.